The van der Waals surface area contributed by atoms with E-state index in [0.29, 0.717) is 22.7 Å². The third-order valence-electron chi connectivity index (χ3n) is 2.07. The first-order valence-corrected chi connectivity index (χ1v) is 4.59. The molecule has 0 spiro atoms. The standard InChI is InChI=1S/C9H8BrFO/c1-5-4-12-9-3-8(11)7(10)2-6(5)9/h2-3,5H,4H2,1H3. The number of hydrogen-bond donors (Lipinski definition) is 0. The van der Waals surface area contributed by atoms with Gasteiger partial charge in [0.2, 0.25) is 0 Å². The van der Waals surface area contributed by atoms with Crippen molar-refractivity contribution in [3.63, 3.8) is 0 Å². The number of halogens is 2. The highest BCUT2D eigenvalue weighted by molar-refractivity contribution is 9.10. The molecule has 0 aromatic heterocycles. The lowest BCUT2D eigenvalue weighted by molar-refractivity contribution is 0.336. The number of ether oxygens (including phenoxy) is 1. The van der Waals surface area contributed by atoms with Gasteiger partial charge in [-0.1, -0.05) is 6.92 Å². The number of benzene rings is 1. The van der Waals surface area contributed by atoms with Gasteiger partial charge in [0.25, 0.3) is 0 Å². The van der Waals surface area contributed by atoms with E-state index in [1.54, 1.807) is 6.07 Å². The molecule has 0 amide bonds. The molecule has 0 fully saturated rings. The average molecular weight is 231 g/mol. The van der Waals surface area contributed by atoms with Gasteiger partial charge < -0.3 is 4.74 Å². The fourth-order valence-corrected chi connectivity index (χ4v) is 1.72. The van der Waals surface area contributed by atoms with Crippen LogP contribution in [0.1, 0.15) is 18.4 Å². The van der Waals surface area contributed by atoms with Crippen molar-refractivity contribution in [2.45, 2.75) is 12.8 Å². The Morgan fingerprint density at radius 2 is 2.33 bits per heavy atom. The van der Waals surface area contributed by atoms with Crippen LogP contribution >= 0.6 is 15.9 Å². The summed E-state index contributed by atoms with van der Waals surface area (Å²) in [5, 5.41) is 0. The molecule has 12 heavy (non-hydrogen) atoms. The van der Waals surface area contributed by atoms with Crippen molar-refractivity contribution >= 4 is 15.9 Å². The Kier molecular flexibility index (Phi) is 1.83. The van der Waals surface area contributed by atoms with Gasteiger partial charge in [0, 0.05) is 17.5 Å². The van der Waals surface area contributed by atoms with E-state index in [-0.39, 0.29) is 5.82 Å². The van der Waals surface area contributed by atoms with Gasteiger partial charge in [-0.25, -0.2) is 4.39 Å². The molecule has 0 saturated carbocycles. The molecule has 1 atom stereocenters. The summed E-state index contributed by atoms with van der Waals surface area (Å²) in [5.74, 6) is 0.794. The highest BCUT2D eigenvalue weighted by atomic mass is 79.9. The molecule has 1 aromatic carbocycles. The van der Waals surface area contributed by atoms with E-state index in [1.165, 1.54) is 6.07 Å². The molecule has 2 rings (SSSR count). The lowest BCUT2D eigenvalue weighted by Gasteiger charge is -2.01. The van der Waals surface area contributed by atoms with Crippen molar-refractivity contribution in [3.8, 4) is 5.75 Å². The van der Waals surface area contributed by atoms with E-state index >= 15 is 0 Å². The van der Waals surface area contributed by atoms with E-state index in [2.05, 4.69) is 22.9 Å². The molecular weight excluding hydrogens is 223 g/mol. The van der Waals surface area contributed by atoms with Crippen molar-refractivity contribution in [3.05, 3.63) is 28.0 Å². The highest BCUT2D eigenvalue weighted by Crippen LogP contribution is 2.36. The first-order chi connectivity index (χ1) is 5.68. The normalized spacial score (nSPS) is 20.4. The van der Waals surface area contributed by atoms with Crippen LogP contribution in [0.5, 0.6) is 5.75 Å². The lowest BCUT2D eigenvalue weighted by Crippen LogP contribution is -1.93. The van der Waals surface area contributed by atoms with Crippen LogP contribution in [-0.2, 0) is 0 Å². The van der Waals surface area contributed by atoms with Crippen LogP contribution in [0.4, 0.5) is 4.39 Å². The summed E-state index contributed by atoms with van der Waals surface area (Å²) in [6, 6.07) is 3.23. The van der Waals surface area contributed by atoms with Crippen molar-refractivity contribution in [1.29, 1.82) is 0 Å². The van der Waals surface area contributed by atoms with Crippen LogP contribution in [0.25, 0.3) is 0 Å². The molecule has 1 aliphatic heterocycles. The fourth-order valence-electron chi connectivity index (χ4n) is 1.36. The van der Waals surface area contributed by atoms with Gasteiger partial charge in [-0.2, -0.15) is 0 Å². The Bertz CT molecular complexity index is 325. The molecule has 1 heterocycles. The molecule has 1 unspecified atom stereocenters. The van der Waals surface area contributed by atoms with Crippen LogP contribution in [0.2, 0.25) is 0 Å². The van der Waals surface area contributed by atoms with E-state index < -0.39 is 0 Å². The Balaban J connectivity index is 2.56. The van der Waals surface area contributed by atoms with Crippen LogP contribution in [-0.4, -0.2) is 6.61 Å². The lowest BCUT2D eigenvalue weighted by atomic mass is 10.0. The van der Waals surface area contributed by atoms with Crippen LogP contribution < -0.4 is 4.74 Å². The largest absolute Gasteiger partial charge is 0.493 e. The zero-order valence-corrected chi connectivity index (χ0v) is 8.19. The van der Waals surface area contributed by atoms with Crippen molar-refractivity contribution < 1.29 is 9.13 Å². The van der Waals surface area contributed by atoms with Gasteiger partial charge >= 0.3 is 0 Å². The van der Waals surface area contributed by atoms with Crippen molar-refractivity contribution in [2.24, 2.45) is 0 Å². The molecule has 64 valence electrons. The molecule has 1 aliphatic rings. The number of fused-ring (bicyclic) bond motifs is 1. The quantitative estimate of drug-likeness (QED) is 0.666. The first-order valence-electron chi connectivity index (χ1n) is 3.80. The van der Waals surface area contributed by atoms with Crippen LogP contribution in [0.3, 0.4) is 0 Å². The molecule has 3 heteroatoms. The first kappa shape index (κ1) is 8.05. The molecule has 0 saturated heterocycles. The minimum Gasteiger partial charge on any atom is -0.493 e. The minimum atomic E-state index is -0.261. The average Bonchev–Trinajstić information content (AvgIpc) is 2.35. The Hall–Kier alpha value is -0.570. The second-order valence-electron chi connectivity index (χ2n) is 3.02. The summed E-state index contributed by atoms with van der Waals surface area (Å²) in [6.07, 6.45) is 0. The SMILES string of the molecule is CC1COc2cc(F)c(Br)cc21. The molecular formula is C9H8BrFO. The summed E-state index contributed by atoms with van der Waals surface area (Å²) >= 11 is 3.15. The van der Waals surface area contributed by atoms with E-state index in [4.69, 9.17) is 4.74 Å². The third kappa shape index (κ3) is 1.12. The van der Waals surface area contributed by atoms with Crippen LogP contribution in [0, 0.1) is 5.82 Å². The molecule has 0 aliphatic carbocycles. The highest BCUT2D eigenvalue weighted by Gasteiger charge is 2.21. The second-order valence-corrected chi connectivity index (χ2v) is 3.87. The van der Waals surface area contributed by atoms with E-state index in [9.17, 15) is 4.39 Å². The van der Waals surface area contributed by atoms with Gasteiger partial charge in [0.05, 0.1) is 11.1 Å². The molecule has 0 N–H and O–H groups in total. The van der Waals surface area contributed by atoms with Crippen molar-refractivity contribution in [2.75, 3.05) is 6.61 Å². The Morgan fingerprint density at radius 3 is 3.08 bits per heavy atom. The van der Waals surface area contributed by atoms with Gasteiger partial charge in [-0.05, 0) is 22.0 Å². The van der Waals surface area contributed by atoms with Gasteiger partial charge in [0.15, 0.2) is 0 Å². The Morgan fingerprint density at radius 1 is 1.58 bits per heavy atom. The fraction of sp³-hybridized carbons (Fsp3) is 0.333. The zero-order chi connectivity index (χ0) is 8.72. The number of hydrogen-bond acceptors (Lipinski definition) is 1. The van der Waals surface area contributed by atoms with E-state index in [0.717, 1.165) is 5.56 Å². The summed E-state index contributed by atoms with van der Waals surface area (Å²) in [5.41, 5.74) is 1.09. The molecule has 0 bridgehead atoms. The predicted octanol–water partition coefficient (Wildman–Crippen LogP) is 3.08. The molecule has 1 aromatic rings. The molecule has 1 nitrogen and oxygen atoms in total. The van der Waals surface area contributed by atoms with Gasteiger partial charge in [-0.15, -0.1) is 0 Å². The maximum atomic E-state index is 13.0. The number of rotatable bonds is 0. The second kappa shape index (κ2) is 2.73. The van der Waals surface area contributed by atoms with Gasteiger partial charge in [-0.3, -0.25) is 0 Å². The summed E-state index contributed by atoms with van der Waals surface area (Å²) < 4.78 is 18.8. The van der Waals surface area contributed by atoms with Crippen LogP contribution in [0.15, 0.2) is 16.6 Å². The monoisotopic (exact) mass is 230 g/mol. The minimum absolute atomic E-state index is 0.261. The Labute approximate surface area is 78.7 Å². The summed E-state index contributed by atoms with van der Waals surface area (Å²) in [6.45, 7) is 2.72. The maximum Gasteiger partial charge on any atom is 0.141 e. The summed E-state index contributed by atoms with van der Waals surface area (Å²) in [7, 11) is 0. The third-order valence-corrected chi connectivity index (χ3v) is 2.68. The van der Waals surface area contributed by atoms with Crippen molar-refractivity contribution in [1.82, 2.24) is 0 Å². The topological polar surface area (TPSA) is 9.23 Å². The predicted molar refractivity (Wildman–Crippen MR) is 48.0 cm³/mol. The smallest absolute Gasteiger partial charge is 0.141 e. The molecule has 0 radical (unpaired) electrons. The van der Waals surface area contributed by atoms with E-state index in [1.807, 2.05) is 0 Å². The summed E-state index contributed by atoms with van der Waals surface area (Å²) in [4.78, 5) is 0. The van der Waals surface area contributed by atoms with Gasteiger partial charge in [0.1, 0.15) is 11.6 Å². The zero-order valence-electron chi connectivity index (χ0n) is 6.60. The maximum absolute atomic E-state index is 13.0.